The highest BCUT2D eigenvalue weighted by Crippen LogP contribution is 2.21. The number of ether oxygens (including phenoxy) is 1. The first kappa shape index (κ1) is 13.2. The third kappa shape index (κ3) is 3.02. The van der Waals surface area contributed by atoms with Crippen LogP contribution in [-0.4, -0.2) is 22.4 Å². The van der Waals surface area contributed by atoms with Crippen molar-refractivity contribution in [3.05, 3.63) is 60.0 Å². The number of benzene rings is 2. The largest absolute Gasteiger partial charge is 0.508 e. The van der Waals surface area contributed by atoms with E-state index in [4.69, 9.17) is 9.26 Å². The Morgan fingerprint density at radius 1 is 1.14 bits per heavy atom. The molecule has 0 bridgehead atoms. The second-order valence-electron chi connectivity index (χ2n) is 4.59. The molecule has 1 aromatic heterocycles. The molecule has 1 N–H and O–H groups in total. The molecule has 0 aliphatic carbocycles. The number of phenols is 1. The van der Waals surface area contributed by atoms with Crippen LogP contribution in [0.25, 0.3) is 11.4 Å². The van der Waals surface area contributed by atoms with E-state index >= 15 is 0 Å². The lowest BCUT2D eigenvalue weighted by atomic mass is 10.1. The Morgan fingerprint density at radius 2 is 2.00 bits per heavy atom. The van der Waals surface area contributed by atoms with Crippen LogP contribution in [0, 0.1) is 0 Å². The molecular weight excluding hydrogens is 268 g/mol. The molecule has 0 fully saturated rings. The summed E-state index contributed by atoms with van der Waals surface area (Å²) in [5.41, 5.74) is 1.75. The number of phenolic OH excluding ortho intramolecular Hbond substituents is 1. The van der Waals surface area contributed by atoms with Gasteiger partial charge in [0, 0.05) is 5.56 Å². The van der Waals surface area contributed by atoms with Crippen LogP contribution >= 0.6 is 0 Å². The zero-order valence-electron chi connectivity index (χ0n) is 11.5. The van der Waals surface area contributed by atoms with Crippen LogP contribution in [-0.2, 0) is 6.42 Å². The number of hydrogen-bond donors (Lipinski definition) is 1. The Morgan fingerprint density at radius 3 is 2.81 bits per heavy atom. The second-order valence-corrected chi connectivity index (χ2v) is 4.59. The van der Waals surface area contributed by atoms with Crippen LogP contribution in [0.3, 0.4) is 0 Å². The maximum absolute atomic E-state index is 9.47. The van der Waals surface area contributed by atoms with E-state index in [0.717, 1.165) is 16.9 Å². The molecule has 0 aliphatic heterocycles. The van der Waals surface area contributed by atoms with Crippen molar-refractivity contribution >= 4 is 0 Å². The number of hydrogen-bond acceptors (Lipinski definition) is 5. The predicted octanol–water partition coefficient (Wildman–Crippen LogP) is 3.04. The van der Waals surface area contributed by atoms with Gasteiger partial charge < -0.3 is 14.4 Å². The molecule has 0 atom stereocenters. The molecule has 0 unspecified atom stereocenters. The SMILES string of the molecule is COc1cccc(Cc2nc(-c3cccc(O)c3)no2)c1. The molecule has 3 rings (SSSR count). The second kappa shape index (κ2) is 5.66. The molecule has 106 valence electrons. The maximum Gasteiger partial charge on any atom is 0.231 e. The van der Waals surface area contributed by atoms with Gasteiger partial charge in [-0.1, -0.05) is 29.4 Å². The average molecular weight is 282 g/mol. The van der Waals surface area contributed by atoms with Crippen LogP contribution in [0.5, 0.6) is 11.5 Å². The van der Waals surface area contributed by atoms with E-state index < -0.39 is 0 Å². The van der Waals surface area contributed by atoms with E-state index in [1.54, 1.807) is 25.3 Å². The lowest BCUT2D eigenvalue weighted by Crippen LogP contribution is -1.90. The number of methoxy groups -OCH3 is 1. The van der Waals surface area contributed by atoms with Crippen LogP contribution in [0.2, 0.25) is 0 Å². The predicted molar refractivity (Wildman–Crippen MR) is 77.2 cm³/mol. The summed E-state index contributed by atoms with van der Waals surface area (Å²) < 4.78 is 10.4. The van der Waals surface area contributed by atoms with Crippen molar-refractivity contribution in [2.45, 2.75) is 6.42 Å². The standard InChI is InChI=1S/C16H14N2O3/c1-20-14-7-2-4-11(8-14)9-15-17-16(18-21-15)12-5-3-6-13(19)10-12/h2-8,10,19H,9H2,1H3. The molecule has 5 heteroatoms. The van der Waals surface area contributed by atoms with E-state index in [2.05, 4.69) is 10.1 Å². The van der Waals surface area contributed by atoms with Gasteiger partial charge in [-0.25, -0.2) is 0 Å². The summed E-state index contributed by atoms with van der Waals surface area (Å²) in [4.78, 5) is 4.34. The van der Waals surface area contributed by atoms with E-state index in [0.29, 0.717) is 18.1 Å². The Balaban J connectivity index is 1.81. The van der Waals surface area contributed by atoms with Crippen molar-refractivity contribution in [2.24, 2.45) is 0 Å². The van der Waals surface area contributed by atoms with Crippen LogP contribution in [0.4, 0.5) is 0 Å². The van der Waals surface area contributed by atoms with E-state index in [1.165, 1.54) is 0 Å². The summed E-state index contributed by atoms with van der Waals surface area (Å²) in [7, 11) is 1.63. The fourth-order valence-corrected chi connectivity index (χ4v) is 2.05. The smallest absolute Gasteiger partial charge is 0.231 e. The van der Waals surface area contributed by atoms with Gasteiger partial charge in [0.15, 0.2) is 0 Å². The number of aromatic nitrogens is 2. The van der Waals surface area contributed by atoms with Gasteiger partial charge in [-0.15, -0.1) is 0 Å². The molecule has 0 amide bonds. The first-order chi connectivity index (χ1) is 10.2. The summed E-state index contributed by atoms with van der Waals surface area (Å²) in [6.45, 7) is 0. The summed E-state index contributed by atoms with van der Waals surface area (Å²) in [5, 5.41) is 13.4. The summed E-state index contributed by atoms with van der Waals surface area (Å²) in [6.07, 6.45) is 0.531. The van der Waals surface area contributed by atoms with Crippen molar-refractivity contribution in [3.8, 4) is 22.9 Å². The minimum absolute atomic E-state index is 0.173. The third-order valence-electron chi connectivity index (χ3n) is 3.06. The van der Waals surface area contributed by atoms with E-state index in [1.807, 2.05) is 30.3 Å². The highest BCUT2D eigenvalue weighted by Gasteiger charge is 2.10. The number of aromatic hydroxyl groups is 1. The summed E-state index contributed by atoms with van der Waals surface area (Å²) in [5.74, 6) is 1.94. The molecule has 3 aromatic rings. The quantitative estimate of drug-likeness (QED) is 0.796. The Hall–Kier alpha value is -2.82. The fourth-order valence-electron chi connectivity index (χ4n) is 2.05. The Labute approximate surface area is 121 Å². The number of rotatable bonds is 4. The van der Waals surface area contributed by atoms with Gasteiger partial charge >= 0.3 is 0 Å². The monoisotopic (exact) mass is 282 g/mol. The zero-order chi connectivity index (χ0) is 14.7. The van der Waals surface area contributed by atoms with Gasteiger partial charge in [-0.3, -0.25) is 0 Å². The number of nitrogens with zero attached hydrogens (tertiary/aromatic N) is 2. The highest BCUT2D eigenvalue weighted by atomic mass is 16.5. The zero-order valence-corrected chi connectivity index (χ0v) is 11.5. The van der Waals surface area contributed by atoms with Crippen molar-refractivity contribution < 1.29 is 14.4 Å². The van der Waals surface area contributed by atoms with E-state index in [-0.39, 0.29) is 5.75 Å². The normalized spacial score (nSPS) is 10.5. The summed E-state index contributed by atoms with van der Waals surface area (Å²) in [6, 6.07) is 14.5. The van der Waals surface area contributed by atoms with Crippen LogP contribution in [0.15, 0.2) is 53.1 Å². The van der Waals surface area contributed by atoms with Crippen molar-refractivity contribution in [3.63, 3.8) is 0 Å². The molecule has 5 nitrogen and oxygen atoms in total. The molecule has 0 radical (unpaired) electrons. The summed E-state index contributed by atoms with van der Waals surface area (Å²) >= 11 is 0. The average Bonchev–Trinajstić information content (AvgIpc) is 2.96. The van der Waals surface area contributed by atoms with Gasteiger partial charge in [-0.05, 0) is 29.8 Å². The van der Waals surface area contributed by atoms with Gasteiger partial charge in [0.25, 0.3) is 0 Å². The van der Waals surface area contributed by atoms with E-state index in [9.17, 15) is 5.11 Å². The Kier molecular flexibility index (Phi) is 3.55. The first-order valence-corrected chi connectivity index (χ1v) is 6.49. The Bertz CT molecular complexity index is 753. The molecule has 2 aromatic carbocycles. The molecule has 1 heterocycles. The topological polar surface area (TPSA) is 68.4 Å². The molecule has 0 aliphatic rings. The van der Waals surface area contributed by atoms with Crippen molar-refractivity contribution in [1.29, 1.82) is 0 Å². The minimum atomic E-state index is 0.173. The van der Waals surface area contributed by atoms with Gasteiger partial charge in [0.1, 0.15) is 11.5 Å². The van der Waals surface area contributed by atoms with Gasteiger partial charge in [0.05, 0.1) is 13.5 Å². The van der Waals surface area contributed by atoms with Crippen LogP contribution < -0.4 is 4.74 Å². The van der Waals surface area contributed by atoms with Gasteiger partial charge in [-0.2, -0.15) is 4.98 Å². The molecular formula is C16H14N2O3. The maximum atomic E-state index is 9.47. The lowest BCUT2D eigenvalue weighted by Gasteiger charge is -2.01. The van der Waals surface area contributed by atoms with Crippen molar-refractivity contribution in [1.82, 2.24) is 10.1 Å². The third-order valence-corrected chi connectivity index (χ3v) is 3.06. The van der Waals surface area contributed by atoms with Crippen LogP contribution in [0.1, 0.15) is 11.5 Å². The van der Waals surface area contributed by atoms with Crippen molar-refractivity contribution in [2.75, 3.05) is 7.11 Å². The minimum Gasteiger partial charge on any atom is -0.508 e. The fraction of sp³-hybridized carbons (Fsp3) is 0.125. The molecule has 0 saturated heterocycles. The first-order valence-electron chi connectivity index (χ1n) is 6.49. The lowest BCUT2D eigenvalue weighted by molar-refractivity contribution is 0.385. The highest BCUT2D eigenvalue weighted by molar-refractivity contribution is 5.56. The van der Waals surface area contributed by atoms with Gasteiger partial charge in [0.2, 0.25) is 11.7 Å². The molecule has 0 spiro atoms. The molecule has 21 heavy (non-hydrogen) atoms. The molecule has 0 saturated carbocycles.